The van der Waals surface area contributed by atoms with E-state index in [4.69, 9.17) is 26.1 Å². The van der Waals surface area contributed by atoms with Crippen molar-refractivity contribution in [3.8, 4) is 5.75 Å². The number of anilines is 1. The molecule has 1 aromatic heterocycles. The van der Waals surface area contributed by atoms with Crippen molar-refractivity contribution in [2.75, 3.05) is 38.8 Å². The molecule has 0 aliphatic carbocycles. The van der Waals surface area contributed by atoms with Crippen LogP contribution in [-0.4, -0.2) is 56.9 Å². The van der Waals surface area contributed by atoms with E-state index in [1.807, 2.05) is 31.4 Å². The Morgan fingerprint density at radius 3 is 3.03 bits per heavy atom. The van der Waals surface area contributed by atoms with Gasteiger partial charge in [0.05, 0.1) is 60.2 Å². The smallest absolute Gasteiger partial charge is 0.338 e. The predicted molar refractivity (Wildman–Crippen MR) is 135 cm³/mol. The van der Waals surface area contributed by atoms with E-state index in [9.17, 15) is 4.79 Å². The highest BCUT2D eigenvalue weighted by Crippen LogP contribution is 2.41. The average molecular weight is 478 g/mol. The molecule has 0 saturated carbocycles. The van der Waals surface area contributed by atoms with Crippen LogP contribution in [0.1, 0.15) is 16.1 Å². The zero-order chi connectivity index (χ0) is 23.7. The number of ether oxygens (including phenoxy) is 2. The molecule has 5 rings (SSSR count). The normalized spacial score (nSPS) is 15.1. The number of hydrogen-bond acceptors (Lipinski definition) is 7. The largest absolute Gasteiger partial charge is 0.489 e. The van der Waals surface area contributed by atoms with Crippen molar-refractivity contribution in [3.63, 3.8) is 0 Å². The number of para-hydroxylation sites is 1. The van der Waals surface area contributed by atoms with E-state index >= 15 is 0 Å². The zero-order valence-corrected chi connectivity index (χ0v) is 19.7. The summed E-state index contributed by atoms with van der Waals surface area (Å²) in [5.74, 6) is 0.179. The van der Waals surface area contributed by atoms with Crippen molar-refractivity contribution in [3.05, 3.63) is 64.5 Å². The molecule has 2 aromatic carbocycles. The van der Waals surface area contributed by atoms with Crippen LogP contribution in [0.5, 0.6) is 5.75 Å². The van der Waals surface area contributed by atoms with Crippen LogP contribution in [0.4, 0.5) is 11.4 Å². The van der Waals surface area contributed by atoms with Gasteiger partial charge in [-0.1, -0.05) is 23.7 Å². The molecule has 0 atom stereocenters. The molecule has 0 spiro atoms. The number of carbonyl (C=O) groups excluding carboxylic acids is 1. The summed E-state index contributed by atoms with van der Waals surface area (Å²) in [6.45, 7) is 2.49. The summed E-state index contributed by atoms with van der Waals surface area (Å²) in [6, 6.07) is 11.3. The quantitative estimate of drug-likeness (QED) is 0.440. The molecule has 34 heavy (non-hydrogen) atoms. The van der Waals surface area contributed by atoms with E-state index in [2.05, 4.69) is 25.8 Å². The van der Waals surface area contributed by atoms with Gasteiger partial charge in [0.25, 0.3) is 0 Å². The summed E-state index contributed by atoms with van der Waals surface area (Å²) in [5.41, 5.74) is 4.80. The lowest BCUT2D eigenvalue weighted by molar-refractivity contribution is 0.0600. The second-order valence-corrected chi connectivity index (χ2v) is 8.54. The Balaban J connectivity index is 1.61. The minimum Gasteiger partial charge on any atom is -0.489 e. The second kappa shape index (κ2) is 9.23. The van der Waals surface area contributed by atoms with Crippen molar-refractivity contribution in [2.24, 2.45) is 9.98 Å². The number of likely N-dealkylation sites (N-methyl/N-ethyl adjacent to an activating group) is 1. The first-order valence-electron chi connectivity index (χ1n) is 10.9. The maximum Gasteiger partial charge on any atom is 0.338 e. The number of carbonyl (C=O) groups is 1. The Morgan fingerprint density at radius 2 is 2.24 bits per heavy atom. The molecule has 3 aromatic rings. The third kappa shape index (κ3) is 4.12. The fraction of sp³-hybridized carbons (Fsp3) is 0.240. The number of halogens is 1. The number of esters is 1. The third-order valence-corrected chi connectivity index (χ3v) is 6.19. The van der Waals surface area contributed by atoms with Crippen LogP contribution >= 0.6 is 11.6 Å². The number of aromatic nitrogens is 1. The summed E-state index contributed by atoms with van der Waals surface area (Å²) in [7, 11) is 3.34. The Labute approximate surface area is 202 Å². The van der Waals surface area contributed by atoms with Gasteiger partial charge in [0.15, 0.2) is 0 Å². The van der Waals surface area contributed by atoms with Gasteiger partial charge in [-0.2, -0.15) is 0 Å². The summed E-state index contributed by atoms with van der Waals surface area (Å²) < 4.78 is 12.9. The summed E-state index contributed by atoms with van der Waals surface area (Å²) in [4.78, 5) is 23.5. The molecule has 0 saturated heterocycles. The molecule has 9 heteroatoms. The molecule has 0 radical (unpaired) electrons. The van der Waals surface area contributed by atoms with Gasteiger partial charge in [-0.05, 0) is 29.8 Å². The molecular formula is C25H24ClN5O3. The number of rotatable bonds is 5. The Kier molecular flexibility index (Phi) is 5.98. The Hall–Kier alpha value is -3.78. The maximum absolute atomic E-state index is 12.3. The van der Waals surface area contributed by atoms with Crippen molar-refractivity contribution in [2.45, 2.75) is 6.54 Å². The van der Waals surface area contributed by atoms with Crippen LogP contribution < -0.4 is 15.0 Å². The van der Waals surface area contributed by atoms with Gasteiger partial charge in [0.2, 0.25) is 0 Å². The van der Waals surface area contributed by atoms with Crippen molar-refractivity contribution >= 4 is 52.4 Å². The van der Waals surface area contributed by atoms with E-state index in [-0.39, 0.29) is 0 Å². The number of nitrogens with one attached hydrogen (secondary N) is 1. The van der Waals surface area contributed by atoms with Crippen LogP contribution in [0, 0.1) is 0 Å². The lowest BCUT2D eigenvalue weighted by Crippen LogP contribution is -2.29. The van der Waals surface area contributed by atoms with Crippen LogP contribution in [-0.2, 0) is 11.3 Å². The fourth-order valence-electron chi connectivity index (χ4n) is 4.25. The standard InChI is InChI=1S/C25H24ClN5O3/c1-30-6-7-34-22-10-18(25(32)33-2)9-21(24(22)30)29-13-19-8-17-4-3-5-20(26)23(17)31(19)14-16-11-27-15-28-12-16/h3-5,8-11,13,15H,6-7,12,14H2,1-2H3,(H,27,28). The van der Waals surface area contributed by atoms with Gasteiger partial charge in [0.1, 0.15) is 18.0 Å². The molecule has 0 amide bonds. The van der Waals surface area contributed by atoms with Crippen molar-refractivity contribution in [1.29, 1.82) is 0 Å². The van der Waals surface area contributed by atoms with Gasteiger partial charge in [-0.15, -0.1) is 0 Å². The number of benzene rings is 2. The fourth-order valence-corrected chi connectivity index (χ4v) is 4.54. The molecule has 3 heterocycles. The SMILES string of the molecule is COC(=O)c1cc(N=Cc2cc3cccc(Cl)c3n2CC2=CNC=NC2)c2c(c1)OCCN2C. The average Bonchev–Trinajstić information content (AvgIpc) is 3.21. The number of fused-ring (bicyclic) bond motifs is 2. The number of methoxy groups -OCH3 is 1. The highest BCUT2D eigenvalue weighted by atomic mass is 35.5. The Bertz CT molecular complexity index is 1360. The predicted octanol–water partition coefficient (Wildman–Crippen LogP) is 4.18. The van der Waals surface area contributed by atoms with E-state index in [1.165, 1.54) is 7.11 Å². The van der Waals surface area contributed by atoms with E-state index in [1.54, 1.807) is 24.7 Å². The zero-order valence-electron chi connectivity index (χ0n) is 18.9. The van der Waals surface area contributed by atoms with Crippen LogP contribution in [0.15, 0.2) is 58.2 Å². The van der Waals surface area contributed by atoms with Crippen LogP contribution in [0.3, 0.4) is 0 Å². The molecule has 174 valence electrons. The molecule has 0 bridgehead atoms. The van der Waals surface area contributed by atoms with Crippen molar-refractivity contribution in [1.82, 2.24) is 9.88 Å². The van der Waals surface area contributed by atoms with Crippen LogP contribution in [0.2, 0.25) is 5.02 Å². The van der Waals surface area contributed by atoms with Gasteiger partial charge >= 0.3 is 5.97 Å². The molecule has 1 N–H and O–H groups in total. The van der Waals surface area contributed by atoms with E-state index in [0.717, 1.165) is 34.4 Å². The minimum absolute atomic E-state index is 0.392. The first-order valence-corrected chi connectivity index (χ1v) is 11.3. The molecule has 2 aliphatic rings. The van der Waals surface area contributed by atoms with Gasteiger partial charge in [-0.25, -0.2) is 4.79 Å². The minimum atomic E-state index is -0.436. The van der Waals surface area contributed by atoms with Gasteiger partial charge < -0.3 is 24.3 Å². The number of aliphatic imine (C=N–C) groups is 2. The first kappa shape index (κ1) is 22.0. The number of hydrogen-bond donors (Lipinski definition) is 1. The summed E-state index contributed by atoms with van der Waals surface area (Å²) in [6.07, 6.45) is 5.44. The topological polar surface area (TPSA) is 80.4 Å². The first-order chi connectivity index (χ1) is 16.5. The molecular weight excluding hydrogens is 454 g/mol. The van der Waals surface area contributed by atoms with E-state index in [0.29, 0.717) is 41.7 Å². The highest BCUT2D eigenvalue weighted by molar-refractivity contribution is 6.35. The van der Waals surface area contributed by atoms with Crippen molar-refractivity contribution < 1.29 is 14.3 Å². The molecule has 0 unspecified atom stereocenters. The second-order valence-electron chi connectivity index (χ2n) is 8.13. The molecule has 2 aliphatic heterocycles. The van der Waals surface area contributed by atoms with Gasteiger partial charge in [-0.3, -0.25) is 9.98 Å². The number of nitrogens with zero attached hydrogens (tertiary/aromatic N) is 4. The lowest BCUT2D eigenvalue weighted by atomic mass is 10.1. The van der Waals surface area contributed by atoms with Gasteiger partial charge in [0, 0.05) is 25.2 Å². The molecule has 8 nitrogen and oxygen atoms in total. The van der Waals surface area contributed by atoms with Crippen LogP contribution in [0.25, 0.3) is 10.9 Å². The highest BCUT2D eigenvalue weighted by Gasteiger charge is 2.22. The third-order valence-electron chi connectivity index (χ3n) is 5.89. The lowest BCUT2D eigenvalue weighted by Gasteiger charge is -2.29. The molecule has 0 fully saturated rings. The monoisotopic (exact) mass is 477 g/mol. The summed E-state index contributed by atoms with van der Waals surface area (Å²) >= 11 is 6.59. The van der Waals surface area contributed by atoms with E-state index < -0.39 is 5.97 Å². The maximum atomic E-state index is 12.3. The summed E-state index contributed by atoms with van der Waals surface area (Å²) in [5, 5.41) is 4.74. The Morgan fingerprint density at radius 1 is 1.35 bits per heavy atom.